The zero-order valence-corrected chi connectivity index (χ0v) is 12.4. The van der Waals surface area contributed by atoms with Gasteiger partial charge in [0.05, 0.1) is 7.11 Å². The molecule has 0 aliphatic carbocycles. The molecule has 10 nitrogen and oxygen atoms in total. The number of hydrogen-bond acceptors (Lipinski definition) is 7. The van der Waals surface area contributed by atoms with Gasteiger partial charge in [0.15, 0.2) is 18.1 Å². The van der Waals surface area contributed by atoms with Gasteiger partial charge in [0.2, 0.25) is 5.82 Å². The Hall–Kier alpha value is -3.17. The molecule has 0 bridgehead atoms. The zero-order valence-electron chi connectivity index (χ0n) is 12.4. The molecule has 0 aliphatic rings. The first kappa shape index (κ1) is 16.2. The predicted octanol–water partition coefficient (Wildman–Crippen LogP) is -0.157. The van der Waals surface area contributed by atoms with Crippen LogP contribution < -0.4 is 14.8 Å². The van der Waals surface area contributed by atoms with Crippen LogP contribution in [-0.2, 0) is 9.59 Å². The highest BCUT2D eigenvalue weighted by Crippen LogP contribution is 2.31. The maximum Gasteiger partial charge on any atom is 0.325 e. The quantitative estimate of drug-likeness (QED) is 0.639. The van der Waals surface area contributed by atoms with Crippen molar-refractivity contribution in [1.82, 2.24) is 25.9 Å². The number of rotatable bonds is 7. The average Bonchev–Trinajstić information content (AvgIpc) is 3.07. The molecule has 10 heteroatoms. The summed E-state index contributed by atoms with van der Waals surface area (Å²) in [5.74, 6) is -0.572. The van der Waals surface area contributed by atoms with E-state index in [2.05, 4.69) is 25.9 Å². The number of benzene rings is 1. The molecule has 3 N–H and O–H groups in total. The number of H-pyrrole nitrogens is 1. The van der Waals surface area contributed by atoms with Crippen molar-refractivity contribution in [2.24, 2.45) is 0 Å². The summed E-state index contributed by atoms with van der Waals surface area (Å²) in [6, 6.07) is 3.92. The topological polar surface area (TPSA) is 139 Å². The standard InChI is InChI=1S/C13H15N5O5/c1-7(13(20)21)14-11(19)6-23-9-4-3-8(5-10(9)22-2)12-15-17-18-16-12/h3-5,7H,6H2,1-2H3,(H,14,19)(H,20,21)(H,15,16,17,18)/t7-/m1/s1. The van der Waals surface area contributed by atoms with Crippen LogP contribution in [0.4, 0.5) is 0 Å². The summed E-state index contributed by atoms with van der Waals surface area (Å²) in [7, 11) is 1.45. The van der Waals surface area contributed by atoms with Gasteiger partial charge in [-0.05, 0) is 30.3 Å². The lowest BCUT2D eigenvalue weighted by atomic mass is 10.2. The highest BCUT2D eigenvalue weighted by atomic mass is 16.5. The molecular formula is C13H15N5O5. The highest BCUT2D eigenvalue weighted by molar-refractivity contribution is 5.84. The van der Waals surface area contributed by atoms with E-state index in [0.717, 1.165) is 0 Å². The summed E-state index contributed by atoms with van der Waals surface area (Å²) in [6.07, 6.45) is 0. The smallest absolute Gasteiger partial charge is 0.325 e. The first-order chi connectivity index (χ1) is 11.0. The number of amides is 1. The Kier molecular flexibility index (Phi) is 5.07. The van der Waals surface area contributed by atoms with E-state index in [0.29, 0.717) is 22.9 Å². The third kappa shape index (κ3) is 4.15. The lowest BCUT2D eigenvalue weighted by molar-refractivity contribution is -0.141. The van der Waals surface area contributed by atoms with Crippen LogP contribution in [0.15, 0.2) is 18.2 Å². The van der Waals surface area contributed by atoms with Gasteiger partial charge < -0.3 is 19.9 Å². The molecule has 0 fully saturated rings. The Morgan fingerprint density at radius 1 is 1.39 bits per heavy atom. The second-order valence-electron chi connectivity index (χ2n) is 4.52. The van der Waals surface area contributed by atoms with Crippen molar-refractivity contribution in [1.29, 1.82) is 0 Å². The van der Waals surface area contributed by atoms with Crippen LogP contribution in [0.1, 0.15) is 6.92 Å². The van der Waals surface area contributed by atoms with E-state index in [9.17, 15) is 9.59 Å². The minimum absolute atomic E-state index is 0.331. The maximum atomic E-state index is 11.6. The van der Waals surface area contributed by atoms with Crippen molar-refractivity contribution < 1.29 is 24.2 Å². The van der Waals surface area contributed by atoms with Crippen molar-refractivity contribution in [2.75, 3.05) is 13.7 Å². The number of carbonyl (C=O) groups is 2. The Bertz CT molecular complexity index is 688. The van der Waals surface area contributed by atoms with Crippen molar-refractivity contribution >= 4 is 11.9 Å². The molecule has 23 heavy (non-hydrogen) atoms. The van der Waals surface area contributed by atoms with Gasteiger partial charge in [0, 0.05) is 5.56 Å². The van der Waals surface area contributed by atoms with Gasteiger partial charge in [-0.15, -0.1) is 10.2 Å². The van der Waals surface area contributed by atoms with Gasteiger partial charge >= 0.3 is 5.97 Å². The molecule has 1 atom stereocenters. The molecule has 0 radical (unpaired) electrons. The van der Waals surface area contributed by atoms with Gasteiger partial charge in [0.25, 0.3) is 5.91 Å². The number of carboxylic acid groups (broad SMARTS) is 1. The van der Waals surface area contributed by atoms with Gasteiger partial charge in [-0.3, -0.25) is 9.59 Å². The van der Waals surface area contributed by atoms with E-state index in [4.69, 9.17) is 14.6 Å². The number of hydrogen-bond donors (Lipinski definition) is 3. The molecule has 1 heterocycles. The predicted molar refractivity (Wildman–Crippen MR) is 76.9 cm³/mol. The zero-order chi connectivity index (χ0) is 16.8. The second kappa shape index (κ2) is 7.20. The monoisotopic (exact) mass is 321 g/mol. The molecule has 1 amide bonds. The van der Waals surface area contributed by atoms with Gasteiger partial charge in [-0.1, -0.05) is 0 Å². The van der Waals surface area contributed by atoms with E-state index in [1.165, 1.54) is 14.0 Å². The largest absolute Gasteiger partial charge is 0.493 e. The first-order valence-corrected chi connectivity index (χ1v) is 6.58. The number of aromatic nitrogens is 4. The minimum atomic E-state index is -1.12. The second-order valence-corrected chi connectivity index (χ2v) is 4.52. The molecular weight excluding hydrogens is 306 g/mol. The summed E-state index contributed by atoms with van der Waals surface area (Å²) in [4.78, 5) is 22.3. The van der Waals surface area contributed by atoms with Crippen molar-refractivity contribution in [3.8, 4) is 22.9 Å². The Labute approximate surface area is 130 Å². The van der Waals surface area contributed by atoms with Crippen LogP contribution in [0.3, 0.4) is 0 Å². The summed E-state index contributed by atoms with van der Waals surface area (Å²) >= 11 is 0. The molecule has 0 spiro atoms. The number of aliphatic carboxylic acids is 1. The number of aromatic amines is 1. The number of carboxylic acids is 1. The molecule has 0 aliphatic heterocycles. The van der Waals surface area contributed by atoms with Crippen LogP contribution in [0.5, 0.6) is 11.5 Å². The third-order valence-electron chi connectivity index (χ3n) is 2.87. The molecule has 1 aromatic heterocycles. The molecule has 2 aromatic rings. The van der Waals surface area contributed by atoms with E-state index < -0.39 is 17.9 Å². The van der Waals surface area contributed by atoms with E-state index >= 15 is 0 Å². The van der Waals surface area contributed by atoms with Crippen LogP contribution in [0, 0.1) is 0 Å². The Balaban J connectivity index is 2.03. The molecule has 0 saturated heterocycles. The fourth-order valence-electron chi connectivity index (χ4n) is 1.70. The summed E-state index contributed by atoms with van der Waals surface area (Å²) < 4.78 is 10.5. The third-order valence-corrected chi connectivity index (χ3v) is 2.87. The van der Waals surface area contributed by atoms with Gasteiger partial charge in [0.1, 0.15) is 6.04 Å². The van der Waals surface area contributed by atoms with Crippen LogP contribution in [0.2, 0.25) is 0 Å². The van der Waals surface area contributed by atoms with Crippen molar-refractivity contribution in [3.63, 3.8) is 0 Å². The number of nitrogens with one attached hydrogen (secondary N) is 2. The summed E-state index contributed by atoms with van der Waals surface area (Å²) in [5, 5.41) is 24.5. The fraction of sp³-hybridized carbons (Fsp3) is 0.308. The number of nitrogens with zero attached hydrogens (tertiary/aromatic N) is 3. The number of ether oxygens (including phenoxy) is 2. The lowest BCUT2D eigenvalue weighted by Crippen LogP contribution is -2.40. The SMILES string of the molecule is COc1cc(-c2nn[nH]n2)ccc1OCC(=O)N[C@H](C)C(=O)O. The highest BCUT2D eigenvalue weighted by Gasteiger charge is 2.15. The summed E-state index contributed by atoms with van der Waals surface area (Å²) in [5.41, 5.74) is 0.659. The number of methoxy groups -OCH3 is 1. The van der Waals surface area contributed by atoms with Crippen molar-refractivity contribution in [3.05, 3.63) is 18.2 Å². The molecule has 122 valence electrons. The van der Waals surface area contributed by atoms with E-state index in [1.54, 1.807) is 18.2 Å². The minimum Gasteiger partial charge on any atom is -0.493 e. The Morgan fingerprint density at radius 2 is 2.17 bits per heavy atom. The molecule has 0 unspecified atom stereocenters. The molecule has 1 aromatic carbocycles. The normalized spacial score (nSPS) is 11.6. The number of tetrazole rings is 1. The van der Waals surface area contributed by atoms with Crippen LogP contribution in [0.25, 0.3) is 11.4 Å². The van der Waals surface area contributed by atoms with E-state index in [-0.39, 0.29) is 6.61 Å². The van der Waals surface area contributed by atoms with E-state index in [1.807, 2.05) is 0 Å². The number of carbonyl (C=O) groups excluding carboxylic acids is 1. The molecule has 0 saturated carbocycles. The Morgan fingerprint density at radius 3 is 2.78 bits per heavy atom. The lowest BCUT2D eigenvalue weighted by Gasteiger charge is -2.13. The molecule has 2 rings (SSSR count). The fourth-order valence-corrected chi connectivity index (χ4v) is 1.70. The van der Waals surface area contributed by atoms with Crippen molar-refractivity contribution in [2.45, 2.75) is 13.0 Å². The van der Waals surface area contributed by atoms with Crippen LogP contribution in [-0.4, -0.2) is 57.4 Å². The first-order valence-electron chi connectivity index (χ1n) is 6.58. The van der Waals surface area contributed by atoms with Gasteiger partial charge in [-0.25, -0.2) is 0 Å². The summed E-state index contributed by atoms with van der Waals surface area (Å²) in [6.45, 7) is 1.02. The maximum absolute atomic E-state index is 11.6. The van der Waals surface area contributed by atoms with Gasteiger partial charge in [-0.2, -0.15) is 5.21 Å². The average molecular weight is 321 g/mol. The van der Waals surface area contributed by atoms with Crippen LogP contribution >= 0.6 is 0 Å².